The Labute approximate surface area is 135 Å². The molecule has 5 nitrogen and oxygen atoms in total. The predicted molar refractivity (Wildman–Crippen MR) is 83.6 cm³/mol. The Bertz CT molecular complexity index is 719. The molecule has 0 N–H and O–H groups in total. The Morgan fingerprint density at radius 3 is 2.70 bits per heavy atom. The average molecular weight is 311 g/mol. The summed E-state index contributed by atoms with van der Waals surface area (Å²) in [5, 5.41) is 8.84. The highest BCUT2D eigenvalue weighted by Crippen LogP contribution is 2.20. The van der Waals surface area contributed by atoms with Gasteiger partial charge in [0.05, 0.1) is 17.7 Å². The minimum atomic E-state index is -0.627. The zero-order chi connectivity index (χ0) is 16.7. The first-order valence-corrected chi connectivity index (χ1v) is 7.18. The van der Waals surface area contributed by atoms with Crippen molar-refractivity contribution in [2.24, 2.45) is 0 Å². The molecule has 0 spiro atoms. The van der Waals surface area contributed by atoms with Gasteiger partial charge >= 0.3 is 5.97 Å². The normalized spacial score (nSPS) is 10.2. The third-order valence-electron chi connectivity index (χ3n) is 2.89. The maximum Gasteiger partial charge on any atom is 0.376 e. The molecule has 0 aliphatic heterocycles. The average Bonchev–Trinajstić information content (AvgIpc) is 2.55. The summed E-state index contributed by atoms with van der Waals surface area (Å²) in [5.41, 5.74) is 1.56. The Kier molecular flexibility index (Phi) is 5.73. The van der Waals surface area contributed by atoms with E-state index >= 15 is 0 Å². The summed E-state index contributed by atoms with van der Waals surface area (Å²) in [6.07, 6.45) is -0.0569. The Morgan fingerprint density at radius 2 is 1.96 bits per heavy atom. The summed E-state index contributed by atoms with van der Waals surface area (Å²) >= 11 is 0. The molecule has 2 aromatic carbocycles. The van der Waals surface area contributed by atoms with Crippen molar-refractivity contribution in [1.82, 2.24) is 0 Å². The van der Waals surface area contributed by atoms with E-state index in [4.69, 9.17) is 19.8 Å². The molecular weight excluding hydrogens is 294 g/mol. The Balaban J connectivity index is 1.96. The van der Waals surface area contributed by atoms with Gasteiger partial charge in [-0.15, -0.1) is 0 Å². The van der Waals surface area contributed by atoms with Crippen molar-refractivity contribution >= 4 is 5.97 Å². The molecule has 0 aromatic heterocycles. The minimum absolute atomic E-state index is 0.0569. The first kappa shape index (κ1) is 16.5. The van der Waals surface area contributed by atoms with E-state index in [9.17, 15) is 4.79 Å². The summed E-state index contributed by atoms with van der Waals surface area (Å²) in [6, 6.07) is 15.7. The molecule has 0 heterocycles. The molecule has 0 atom stereocenters. The fraction of sp³-hybridized carbons (Fsp3) is 0.222. The second kappa shape index (κ2) is 7.97. The maximum atomic E-state index is 12.1. The lowest BCUT2D eigenvalue weighted by atomic mass is 10.1. The quantitative estimate of drug-likeness (QED) is 0.602. The van der Waals surface area contributed by atoms with Crippen LogP contribution in [0.25, 0.3) is 0 Å². The van der Waals surface area contributed by atoms with E-state index in [0.29, 0.717) is 16.9 Å². The van der Waals surface area contributed by atoms with Crippen LogP contribution >= 0.6 is 0 Å². The lowest BCUT2D eigenvalue weighted by Crippen LogP contribution is -2.12. The van der Waals surface area contributed by atoms with Gasteiger partial charge in [-0.05, 0) is 43.7 Å². The minimum Gasteiger partial charge on any atom is -0.490 e. The van der Waals surface area contributed by atoms with Gasteiger partial charge < -0.3 is 4.74 Å². The molecule has 2 rings (SSSR count). The fourth-order valence-corrected chi connectivity index (χ4v) is 1.92. The number of nitriles is 1. The van der Waals surface area contributed by atoms with Crippen molar-refractivity contribution in [2.75, 3.05) is 0 Å². The van der Waals surface area contributed by atoms with Gasteiger partial charge in [0.2, 0.25) is 0 Å². The topological polar surface area (TPSA) is 68.6 Å². The standard InChI is InChI=1S/C18H17NO4/c1-13(2)22-17-9-4-3-8-16(17)18(20)23-21-12-15-7-5-6-14(10-15)11-19/h3-10,13H,12H2,1-2H3. The zero-order valence-electron chi connectivity index (χ0n) is 13.0. The van der Waals surface area contributed by atoms with E-state index in [0.717, 1.165) is 5.56 Å². The van der Waals surface area contributed by atoms with E-state index in [-0.39, 0.29) is 12.7 Å². The smallest absolute Gasteiger partial charge is 0.376 e. The fourth-order valence-electron chi connectivity index (χ4n) is 1.92. The van der Waals surface area contributed by atoms with Gasteiger partial charge in [-0.3, -0.25) is 4.89 Å². The molecule has 0 amide bonds. The maximum absolute atomic E-state index is 12.1. The van der Waals surface area contributed by atoms with Crippen molar-refractivity contribution < 1.29 is 19.3 Å². The summed E-state index contributed by atoms with van der Waals surface area (Å²) in [4.78, 5) is 21.9. The van der Waals surface area contributed by atoms with Crippen molar-refractivity contribution in [1.29, 1.82) is 5.26 Å². The monoisotopic (exact) mass is 311 g/mol. The second-order valence-electron chi connectivity index (χ2n) is 5.11. The van der Waals surface area contributed by atoms with Crippen LogP contribution in [-0.4, -0.2) is 12.1 Å². The number of hydrogen-bond acceptors (Lipinski definition) is 5. The van der Waals surface area contributed by atoms with Gasteiger partial charge in [0.15, 0.2) is 0 Å². The Morgan fingerprint density at radius 1 is 1.17 bits per heavy atom. The van der Waals surface area contributed by atoms with Crippen LogP contribution in [0.2, 0.25) is 0 Å². The van der Waals surface area contributed by atoms with Gasteiger partial charge in [0, 0.05) is 0 Å². The van der Waals surface area contributed by atoms with E-state index in [1.807, 2.05) is 19.9 Å². The molecular formula is C18H17NO4. The first-order valence-electron chi connectivity index (χ1n) is 7.18. The van der Waals surface area contributed by atoms with Gasteiger partial charge in [0.25, 0.3) is 0 Å². The molecule has 2 aromatic rings. The van der Waals surface area contributed by atoms with Crippen LogP contribution in [0.4, 0.5) is 0 Å². The summed E-state index contributed by atoms with van der Waals surface area (Å²) in [5.74, 6) is -0.180. The number of para-hydroxylation sites is 1. The van der Waals surface area contributed by atoms with Crippen LogP contribution < -0.4 is 4.74 Å². The molecule has 23 heavy (non-hydrogen) atoms. The zero-order valence-corrected chi connectivity index (χ0v) is 13.0. The lowest BCUT2D eigenvalue weighted by molar-refractivity contribution is -0.250. The summed E-state index contributed by atoms with van der Waals surface area (Å²) in [6.45, 7) is 3.82. The van der Waals surface area contributed by atoms with Crippen LogP contribution in [0, 0.1) is 11.3 Å². The number of nitrogens with zero attached hydrogens (tertiary/aromatic N) is 1. The number of benzene rings is 2. The molecule has 0 radical (unpaired) electrons. The SMILES string of the molecule is CC(C)Oc1ccccc1C(=O)OOCc1cccc(C#N)c1. The van der Waals surface area contributed by atoms with Gasteiger partial charge in [-0.1, -0.05) is 24.3 Å². The van der Waals surface area contributed by atoms with Crippen LogP contribution in [0.3, 0.4) is 0 Å². The van der Waals surface area contributed by atoms with E-state index in [2.05, 4.69) is 0 Å². The predicted octanol–water partition coefficient (Wildman–Crippen LogP) is 3.63. The number of ether oxygens (including phenoxy) is 1. The lowest BCUT2D eigenvalue weighted by Gasteiger charge is -2.13. The molecule has 0 aliphatic carbocycles. The molecule has 118 valence electrons. The van der Waals surface area contributed by atoms with Gasteiger partial charge in [0.1, 0.15) is 17.9 Å². The molecule has 0 aliphatic rings. The third-order valence-corrected chi connectivity index (χ3v) is 2.89. The molecule has 0 bridgehead atoms. The largest absolute Gasteiger partial charge is 0.490 e. The van der Waals surface area contributed by atoms with Crippen LogP contribution in [-0.2, 0) is 16.4 Å². The van der Waals surface area contributed by atoms with Gasteiger partial charge in [-0.2, -0.15) is 10.1 Å². The van der Waals surface area contributed by atoms with Crippen LogP contribution in [0.5, 0.6) is 5.75 Å². The Hall–Kier alpha value is -2.84. The van der Waals surface area contributed by atoms with Crippen LogP contribution in [0.15, 0.2) is 48.5 Å². The summed E-state index contributed by atoms with van der Waals surface area (Å²) in [7, 11) is 0. The van der Waals surface area contributed by atoms with Gasteiger partial charge in [-0.25, -0.2) is 4.79 Å². The van der Waals surface area contributed by atoms with E-state index < -0.39 is 5.97 Å². The van der Waals surface area contributed by atoms with Crippen molar-refractivity contribution in [2.45, 2.75) is 26.6 Å². The highest BCUT2D eigenvalue weighted by molar-refractivity contribution is 5.92. The van der Waals surface area contributed by atoms with Crippen LogP contribution in [0.1, 0.15) is 35.3 Å². The number of carbonyl (C=O) groups excluding carboxylic acids is 1. The first-order chi connectivity index (χ1) is 11.1. The molecule has 0 saturated carbocycles. The second-order valence-corrected chi connectivity index (χ2v) is 5.11. The summed E-state index contributed by atoms with van der Waals surface area (Å²) < 4.78 is 5.57. The molecule has 0 saturated heterocycles. The number of rotatable bonds is 6. The molecule has 0 unspecified atom stereocenters. The molecule has 5 heteroatoms. The highest BCUT2D eigenvalue weighted by atomic mass is 17.2. The highest BCUT2D eigenvalue weighted by Gasteiger charge is 2.15. The number of carbonyl (C=O) groups is 1. The van der Waals surface area contributed by atoms with E-state index in [1.54, 1.807) is 48.5 Å². The van der Waals surface area contributed by atoms with E-state index in [1.165, 1.54) is 0 Å². The van der Waals surface area contributed by atoms with Crippen molar-refractivity contribution in [3.05, 3.63) is 65.2 Å². The van der Waals surface area contributed by atoms with Crippen molar-refractivity contribution in [3.8, 4) is 11.8 Å². The third kappa shape index (κ3) is 4.83. The molecule has 0 fully saturated rings. The number of hydrogen-bond donors (Lipinski definition) is 0. The van der Waals surface area contributed by atoms with Crippen molar-refractivity contribution in [3.63, 3.8) is 0 Å².